The maximum absolute atomic E-state index is 12.1. The highest BCUT2D eigenvalue weighted by Crippen LogP contribution is 2.26. The van der Waals surface area contributed by atoms with Crippen LogP contribution in [0.4, 0.5) is 16.2 Å². The molecule has 2 amide bonds. The smallest absolute Gasteiger partial charge is 0.323 e. The number of aryl methyl sites for hydroxylation is 2. The van der Waals surface area contributed by atoms with Gasteiger partial charge in [-0.15, -0.1) is 0 Å². The molecule has 2 rings (SSSR count). The summed E-state index contributed by atoms with van der Waals surface area (Å²) in [6, 6.07) is 11.0. The number of methoxy groups -OCH3 is 1. The Bertz CT molecular complexity index is 671. The van der Waals surface area contributed by atoms with Gasteiger partial charge in [0.25, 0.3) is 0 Å². The predicted molar refractivity (Wildman–Crippen MR) is 89.3 cm³/mol. The molecule has 2 aromatic rings. The van der Waals surface area contributed by atoms with Gasteiger partial charge in [-0.05, 0) is 65.2 Å². The van der Waals surface area contributed by atoms with Crippen molar-refractivity contribution < 1.29 is 9.53 Å². The number of benzene rings is 2. The van der Waals surface area contributed by atoms with Crippen molar-refractivity contribution in [3.05, 3.63) is 52.0 Å². The third-order valence-electron chi connectivity index (χ3n) is 2.98. The third-order valence-corrected chi connectivity index (χ3v) is 3.63. The summed E-state index contributed by atoms with van der Waals surface area (Å²) >= 11 is 3.43. The molecule has 110 valence electrons. The van der Waals surface area contributed by atoms with Gasteiger partial charge < -0.3 is 15.4 Å². The lowest BCUT2D eigenvalue weighted by molar-refractivity contribution is 0.262. The average molecular weight is 349 g/mol. The van der Waals surface area contributed by atoms with E-state index in [4.69, 9.17) is 4.74 Å². The zero-order valence-electron chi connectivity index (χ0n) is 12.2. The maximum Gasteiger partial charge on any atom is 0.323 e. The van der Waals surface area contributed by atoms with Crippen LogP contribution in [0.3, 0.4) is 0 Å². The molecule has 0 aliphatic rings. The highest BCUT2D eigenvalue weighted by molar-refractivity contribution is 9.10. The molecule has 0 spiro atoms. The van der Waals surface area contributed by atoms with Gasteiger partial charge in [0.1, 0.15) is 5.75 Å². The number of ether oxygens (including phenoxy) is 1. The summed E-state index contributed by atoms with van der Waals surface area (Å²) in [5, 5.41) is 5.60. The summed E-state index contributed by atoms with van der Waals surface area (Å²) in [6.07, 6.45) is 0. The van der Waals surface area contributed by atoms with Crippen LogP contribution in [0.25, 0.3) is 0 Å². The largest absolute Gasteiger partial charge is 0.495 e. The summed E-state index contributed by atoms with van der Waals surface area (Å²) in [5.41, 5.74) is 3.51. The number of hydrogen-bond acceptors (Lipinski definition) is 2. The molecule has 0 unspecified atom stereocenters. The minimum Gasteiger partial charge on any atom is -0.495 e. The maximum atomic E-state index is 12.1. The fraction of sp³-hybridized carbons (Fsp3) is 0.188. The van der Waals surface area contributed by atoms with E-state index in [-0.39, 0.29) is 6.03 Å². The number of halogens is 1. The van der Waals surface area contributed by atoms with Crippen molar-refractivity contribution in [2.24, 2.45) is 0 Å². The second-order valence-corrected chi connectivity index (χ2v) is 5.62. The van der Waals surface area contributed by atoms with Crippen molar-refractivity contribution in [1.29, 1.82) is 0 Å². The predicted octanol–water partition coefficient (Wildman–Crippen LogP) is 4.72. The highest BCUT2D eigenvalue weighted by Gasteiger charge is 2.09. The van der Waals surface area contributed by atoms with Crippen molar-refractivity contribution >= 4 is 33.3 Å². The van der Waals surface area contributed by atoms with E-state index in [1.165, 1.54) is 0 Å². The molecule has 21 heavy (non-hydrogen) atoms. The first-order chi connectivity index (χ1) is 9.99. The molecule has 0 aromatic heterocycles. The molecule has 0 saturated heterocycles. The highest BCUT2D eigenvalue weighted by atomic mass is 79.9. The first kappa shape index (κ1) is 15.4. The second-order valence-electron chi connectivity index (χ2n) is 4.77. The average Bonchev–Trinajstić information content (AvgIpc) is 2.42. The van der Waals surface area contributed by atoms with Crippen LogP contribution < -0.4 is 15.4 Å². The summed E-state index contributed by atoms with van der Waals surface area (Å²) in [6.45, 7) is 3.95. The zero-order valence-corrected chi connectivity index (χ0v) is 13.7. The van der Waals surface area contributed by atoms with Crippen molar-refractivity contribution in [1.82, 2.24) is 0 Å². The van der Waals surface area contributed by atoms with Gasteiger partial charge in [-0.25, -0.2) is 4.79 Å². The van der Waals surface area contributed by atoms with Crippen LogP contribution in [-0.2, 0) is 0 Å². The summed E-state index contributed by atoms with van der Waals surface area (Å²) in [7, 11) is 1.57. The number of anilines is 2. The van der Waals surface area contributed by atoms with E-state index in [0.717, 1.165) is 15.6 Å². The molecule has 0 aliphatic carbocycles. The molecule has 0 bridgehead atoms. The molecule has 0 atom stereocenters. The monoisotopic (exact) mass is 348 g/mol. The molecule has 5 heteroatoms. The van der Waals surface area contributed by atoms with Crippen LogP contribution in [0, 0.1) is 13.8 Å². The van der Waals surface area contributed by atoms with Crippen molar-refractivity contribution in [3.8, 4) is 5.75 Å². The Morgan fingerprint density at radius 3 is 2.29 bits per heavy atom. The molecule has 0 saturated carbocycles. The zero-order chi connectivity index (χ0) is 15.4. The van der Waals surface area contributed by atoms with Gasteiger partial charge in [0.2, 0.25) is 0 Å². The first-order valence-corrected chi connectivity index (χ1v) is 7.27. The Morgan fingerprint density at radius 2 is 1.62 bits per heavy atom. The number of nitrogens with one attached hydrogen (secondary N) is 2. The summed E-state index contributed by atoms with van der Waals surface area (Å²) < 4.78 is 6.08. The summed E-state index contributed by atoms with van der Waals surface area (Å²) in [4.78, 5) is 12.1. The minimum atomic E-state index is -0.316. The van der Waals surface area contributed by atoms with Crippen molar-refractivity contribution in [3.63, 3.8) is 0 Å². The lowest BCUT2D eigenvalue weighted by Gasteiger charge is -2.13. The standard InChI is InChI=1S/C16H17BrN2O2/c1-10-4-6-13(12(17)8-10)18-16(20)19-14-9-11(2)5-7-15(14)21-3/h4-9H,1-3H3,(H2,18,19,20). The van der Waals surface area contributed by atoms with Crippen molar-refractivity contribution in [2.75, 3.05) is 17.7 Å². The van der Waals surface area contributed by atoms with Crippen LogP contribution in [0.2, 0.25) is 0 Å². The van der Waals surface area contributed by atoms with Gasteiger partial charge in [0.15, 0.2) is 0 Å². The SMILES string of the molecule is COc1ccc(C)cc1NC(=O)Nc1ccc(C)cc1Br. The Balaban J connectivity index is 2.13. The van der Waals surface area contributed by atoms with Crippen LogP contribution in [0.5, 0.6) is 5.75 Å². The Kier molecular flexibility index (Phi) is 4.85. The topological polar surface area (TPSA) is 50.4 Å². The fourth-order valence-electron chi connectivity index (χ4n) is 1.92. The van der Waals surface area contributed by atoms with Gasteiger partial charge in [0.05, 0.1) is 18.5 Å². The number of urea groups is 1. The molecular formula is C16H17BrN2O2. The number of amides is 2. The van der Waals surface area contributed by atoms with E-state index >= 15 is 0 Å². The Morgan fingerprint density at radius 1 is 1.00 bits per heavy atom. The van der Waals surface area contributed by atoms with Gasteiger partial charge in [-0.1, -0.05) is 12.1 Å². The first-order valence-electron chi connectivity index (χ1n) is 6.48. The Labute approximate surface area is 132 Å². The van der Waals surface area contributed by atoms with Crippen LogP contribution in [0.1, 0.15) is 11.1 Å². The van der Waals surface area contributed by atoms with E-state index in [0.29, 0.717) is 17.1 Å². The molecule has 0 radical (unpaired) electrons. The van der Waals surface area contributed by atoms with Crippen molar-refractivity contribution in [2.45, 2.75) is 13.8 Å². The fourth-order valence-corrected chi connectivity index (χ4v) is 2.51. The van der Waals surface area contributed by atoms with E-state index in [2.05, 4.69) is 26.6 Å². The molecule has 0 heterocycles. The number of rotatable bonds is 3. The molecule has 2 aromatic carbocycles. The lowest BCUT2D eigenvalue weighted by atomic mass is 10.2. The normalized spacial score (nSPS) is 10.1. The quantitative estimate of drug-likeness (QED) is 0.843. The number of carbonyl (C=O) groups excluding carboxylic acids is 1. The van der Waals surface area contributed by atoms with E-state index in [9.17, 15) is 4.79 Å². The van der Waals surface area contributed by atoms with E-state index in [1.807, 2.05) is 50.2 Å². The molecule has 2 N–H and O–H groups in total. The van der Waals surface area contributed by atoms with E-state index in [1.54, 1.807) is 7.11 Å². The van der Waals surface area contributed by atoms with Crippen LogP contribution >= 0.6 is 15.9 Å². The Hall–Kier alpha value is -2.01. The molecule has 4 nitrogen and oxygen atoms in total. The third kappa shape index (κ3) is 3.98. The number of hydrogen-bond donors (Lipinski definition) is 2. The van der Waals surface area contributed by atoms with Gasteiger partial charge in [-0.2, -0.15) is 0 Å². The molecular weight excluding hydrogens is 332 g/mol. The minimum absolute atomic E-state index is 0.316. The second kappa shape index (κ2) is 6.63. The van der Waals surface area contributed by atoms with Crippen LogP contribution in [-0.4, -0.2) is 13.1 Å². The molecule has 0 aliphatic heterocycles. The summed E-state index contributed by atoms with van der Waals surface area (Å²) in [5.74, 6) is 0.624. The molecule has 0 fully saturated rings. The van der Waals surface area contributed by atoms with Gasteiger partial charge >= 0.3 is 6.03 Å². The number of carbonyl (C=O) groups is 1. The van der Waals surface area contributed by atoms with Gasteiger partial charge in [0, 0.05) is 4.47 Å². The van der Waals surface area contributed by atoms with Gasteiger partial charge in [-0.3, -0.25) is 0 Å². The lowest BCUT2D eigenvalue weighted by Crippen LogP contribution is -2.20. The van der Waals surface area contributed by atoms with Crippen LogP contribution in [0.15, 0.2) is 40.9 Å². The van der Waals surface area contributed by atoms with E-state index < -0.39 is 0 Å².